The van der Waals surface area contributed by atoms with Gasteiger partial charge in [-0.15, -0.1) is 11.3 Å². The Morgan fingerprint density at radius 2 is 1.91 bits per heavy atom. The highest BCUT2D eigenvalue weighted by atomic mass is 32.2. The third-order valence-corrected chi connectivity index (χ3v) is 8.22. The number of hydrazone groups is 1. The summed E-state index contributed by atoms with van der Waals surface area (Å²) in [5.41, 5.74) is 6.60. The average molecular weight is 503 g/mol. The van der Waals surface area contributed by atoms with Crippen LogP contribution < -0.4 is 11.0 Å². The van der Waals surface area contributed by atoms with Crippen LogP contribution in [-0.2, 0) is 24.1 Å². The van der Waals surface area contributed by atoms with Crippen molar-refractivity contribution in [1.29, 1.82) is 0 Å². The highest BCUT2D eigenvalue weighted by Gasteiger charge is 2.23. The molecule has 0 fully saturated rings. The van der Waals surface area contributed by atoms with Gasteiger partial charge in [0.15, 0.2) is 5.16 Å². The van der Waals surface area contributed by atoms with Crippen LogP contribution in [0.4, 0.5) is 0 Å². The predicted molar refractivity (Wildman–Crippen MR) is 144 cm³/mol. The topological polar surface area (TPSA) is 76.3 Å². The second-order valence-electron chi connectivity index (χ2n) is 8.44. The van der Waals surface area contributed by atoms with Crippen LogP contribution in [0.3, 0.4) is 0 Å². The number of nitrogens with zero attached hydrogens (tertiary/aromatic N) is 3. The van der Waals surface area contributed by atoms with Crippen molar-refractivity contribution >= 4 is 45.4 Å². The van der Waals surface area contributed by atoms with Crippen molar-refractivity contribution in [1.82, 2.24) is 15.0 Å². The molecule has 0 radical (unpaired) electrons. The number of thioether (sulfide) groups is 1. The zero-order chi connectivity index (χ0) is 24.2. The normalized spacial score (nSPS) is 13.3. The summed E-state index contributed by atoms with van der Waals surface area (Å²) in [6, 6.07) is 17.6. The maximum Gasteiger partial charge on any atom is 0.267 e. The molecule has 8 heteroatoms. The average Bonchev–Trinajstić information content (AvgIpc) is 3.27. The van der Waals surface area contributed by atoms with E-state index in [2.05, 4.69) is 17.5 Å². The van der Waals surface area contributed by atoms with E-state index in [1.54, 1.807) is 22.1 Å². The molecular formula is C27H26N4O2S2. The van der Waals surface area contributed by atoms with Gasteiger partial charge in [0.05, 0.1) is 23.0 Å². The molecule has 2 aromatic heterocycles. The molecule has 1 amide bonds. The van der Waals surface area contributed by atoms with Crippen LogP contribution in [0.5, 0.6) is 0 Å². The minimum absolute atomic E-state index is 0.0583. The Kier molecular flexibility index (Phi) is 7.11. The number of hydrogen-bond donors (Lipinski definition) is 1. The van der Waals surface area contributed by atoms with Crippen LogP contribution in [0.15, 0.2) is 69.6 Å². The molecule has 2 heterocycles. The molecule has 35 heavy (non-hydrogen) atoms. The summed E-state index contributed by atoms with van der Waals surface area (Å²) in [7, 11) is 0. The Labute approximate surface area is 212 Å². The fraction of sp³-hybridized carbons (Fsp3) is 0.259. The Hall–Kier alpha value is -3.23. The van der Waals surface area contributed by atoms with Gasteiger partial charge in [-0.05, 0) is 60.9 Å². The molecule has 0 aliphatic heterocycles. The number of benzene rings is 2. The van der Waals surface area contributed by atoms with E-state index in [4.69, 9.17) is 4.98 Å². The molecule has 0 atom stereocenters. The molecule has 0 unspecified atom stereocenters. The molecule has 6 nitrogen and oxygen atoms in total. The smallest absolute Gasteiger partial charge is 0.267 e. The van der Waals surface area contributed by atoms with Gasteiger partial charge in [-0.2, -0.15) is 5.10 Å². The first-order valence-corrected chi connectivity index (χ1v) is 13.6. The van der Waals surface area contributed by atoms with Crippen LogP contribution in [0.2, 0.25) is 0 Å². The van der Waals surface area contributed by atoms with Crippen LogP contribution in [0, 0.1) is 0 Å². The first-order chi connectivity index (χ1) is 17.1. The van der Waals surface area contributed by atoms with Crippen LogP contribution in [-0.4, -0.2) is 27.4 Å². The van der Waals surface area contributed by atoms with Gasteiger partial charge >= 0.3 is 0 Å². The fourth-order valence-corrected chi connectivity index (χ4v) is 6.38. The minimum Gasteiger partial charge on any atom is -0.272 e. The maximum absolute atomic E-state index is 13.7. The largest absolute Gasteiger partial charge is 0.272 e. The monoisotopic (exact) mass is 502 g/mol. The summed E-state index contributed by atoms with van der Waals surface area (Å²) >= 11 is 2.87. The van der Waals surface area contributed by atoms with Crippen molar-refractivity contribution in [3.8, 4) is 5.69 Å². The number of amides is 1. The van der Waals surface area contributed by atoms with Gasteiger partial charge in [0, 0.05) is 4.88 Å². The van der Waals surface area contributed by atoms with Crippen molar-refractivity contribution in [3.05, 3.63) is 86.5 Å². The van der Waals surface area contributed by atoms with Crippen molar-refractivity contribution in [2.75, 3.05) is 5.75 Å². The molecule has 1 aliphatic carbocycles. The molecule has 1 aliphatic rings. The van der Waals surface area contributed by atoms with Crippen molar-refractivity contribution < 1.29 is 4.79 Å². The number of rotatable bonds is 7. The third kappa shape index (κ3) is 5.09. The fourth-order valence-electron chi connectivity index (χ4n) is 4.27. The molecule has 0 saturated heterocycles. The molecule has 0 bridgehead atoms. The second-order valence-corrected chi connectivity index (χ2v) is 10.5. The molecule has 178 valence electrons. The number of aromatic nitrogens is 2. The lowest BCUT2D eigenvalue weighted by Gasteiger charge is -2.13. The van der Waals surface area contributed by atoms with E-state index in [1.807, 2.05) is 54.6 Å². The highest BCUT2D eigenvalue weighted by molar-refractivity contribution is 7.99. The van der Waals surface area contributed by atoms with Crippen molar-refractivity contribution in [3.63, 3.8) is 0 Å². The van der Waals surface area contributed by atoms with E-state index in [1.165, 1.54) is 22.2 Å². The Bertz CT molecular complexity index is 1440. The van der Waals surface area contributed by atoms with Gasteiger partial charge in [0.25, 0.3) is 11.5 Å². The van der Waals surface area contributed by atoms with E-state index < -0.39 is 0 Å². The Balaban J connectivity index is 1.38. The summed E-state index contributed by atoms with van der Waals surface area (Å²) < 4.78 is 1.64. The quantitative estimate of drug-likeness (QED) is 0.165. The summed E-state index contributed by atoms with van der Waals surface area (Å²) in [4.78, 5) is 33.1. The molecule has 0 saturated carbocycles. The number of aryl methyl sites for hydroxylation is 3. The third-order valence-electron chi connectivity index (χ3n) is 6.10. The van der Waals surface area contributed by atoms with Gasteiger partial charge in [-0.3, -0.25) is 14.2 Å². The van der Waals surface area contributed by atoms with E-state index in [0.717, 1.165) is 59.1 Å². The van der Waals surface area contributed by atoms with Gasteiger partial charge < -0.3 is 0 Å². The number of carbonyl (C=O) groups is 1. The minimum atomic E-state index is -0.254. The molecule has 0 spiro atoms. The number of fused-ring (bicyclic) bond motifs is 3. The van der Waals surface area contributed by atoms with Gasteiger partial charge in [-0.25, -0.2) is 10.4 Å². The van der Waals surface area contributed by atoms with Crippen LogP contribution in [0.25, 0.3) is 15.9 Å². The lowest BCUT2D eigenvalue weighted by molar-refractivity contribution is -0.118. The lowest BCUT2D eigenvalue weighted by Crippen LogP contribution is -2.24. The van der Waals surface area contributed by atoms with Crippen LogP contribution in [0.1, 0.15) is 41.3 Å². The molecule has 4 aromatic rings. The number of thiophene rings is 1. The van der Waals surface area contributed by atoms with Crippen LogP contribution >= 0.6 is 23.1 Å². The predicted octanol–water partition coefficient (Wildman–Crippen LogP) is 5.13. The van der Waals surface area contributed by atoms with E-state index in [-0.39, 0.29) is 17.2 Å². The zero-order valence-corrected chi connectivity index (χ0v) is 21.1. The van der Waals surface area contributed by atoms with E-state index in [0.29, 0.717) is 5.16 Å². The highest BCUT2D eigenvalue weighted by Crippen LogP contribution is 2.35. The zero-order valence-electron chi connectivity index (χ0n) is 19.5. The molecule has 1 N–H and O–H groups in total. The maximum atomic E-state index is 13.7. The van der Waals surface area contributed by atoms with Gasteiger partial charge in [0.1, 0.15) is 4.83 Å². The number of nitrogens with one attached hydrogen (secondary N) is 1. The standard InChI is InChI=1S/C27H26N4O2S2/c1-2-18-12-14-19(15-13-18)16-28-30-23(32)17-34-27-29-25-24(21-10-6-7-11-22(21)35-25)26(33)31(27)20-8-4-3-5-9-20/h3-5,8-9,12-16H,2,6-7,10-11,17H2,1H3,(H,30,32)/b28-16+. The first kappa shape index (κ1) is 23.5. The molecular weight excluding hydrogens is 476 g/mol. The summed E-state index contributed by atoms with van der Waals surface area (Å²) in [5.74, 6) is -0.155. The van der Waals surface area contributed by atoms with Crippen molar-refractivity contribution in [2.45, 2.75) is 44.2 Å². The summed E-state index contributed by atoms with van der Waals surface area (Å²) in [5, 5.41) is 5.33. The summed E-state index contributed by atoms with van der Waals surface area (Å²) in [6.45, 7) is 2.11. The van der Waals surface area contributed by atoms with Gasteiger partial charge in [-0.1, -0.05) is 61.2 Å². The Morgan fingerprint density at radius 1 is 1.14 bits per heavy atom. The number of hydrogen-bond acceptors (Lipinski definition) is 6. The first-order valence-electron chi connectivity index (χ1n) is 11.8. The van der Waals surface area contributed by atoms with E-state index in [9.17, 15) is 9.59 Å². The SMILES string of the molecule is CCc1ccc(/C=N/NC(=O)CSc2nc3sc4c(c3c(=O)n2-c2ccccc2)CCCC4)cc1. The van der Waals surface area contributed by atoms with Crippen molar-refractivity contribution in [2.24, 2.45) is 5.10 Å². The number of carbonyl (C=O) groups excluding carboxylic acids is 1. The number of para-hydroxylation sites is 1. The lowest BCUT2D eigenvalue weighted by atomic mass is 9.97. The van der Waals surface area contributed by atoms with E-state index >= 15 is 0 Å². The summed E-state index contributed by atoms with van der Waals surface area (Å²) in [6.07, 6.45) is 6.79. The Morgan fingerprint density at radius 3 is 2.69 bits per heavy atom. The molecule has 5 rings (SSSR count). The van der Waals surface area contributed by atoms with Gasteiger partial charge in [0.2, 0.25) is 0 Å². The second kappa shape index (κ2) is 10.6. The molecule has 2 aromatic carbocycles.